The SMILES string of the molecule is CCC(=O)Oc1cccc(F)c1COc1cc(Cl)c(C)cc1F. The number of hydrogen-bond donors (Lipinski definition) is 0. The Bertz CT molecular complexity index is 732. The van der Waals surface area contributed by atoms with Gasteiger partial charge < -0.3 is 9.47 Å². The van der Waals surface area contributed by atoms with Crippen LogP contribution in [0.5, 0.6) is 11.5 Å². The Hall–Kier alpha value is -2.14. The Morgan fingerprint density at radius 3 is 2.61 bits per heavy atom. The number of esters is 1. The first-order chi connectivity index (χ1) is 10.9. The summed E-state index contributed by atoms with van der Waals surface area (Å²) in [6.45, 7) is 2.99. The molecule has 0 fully saturated rings. The second-order valence-corrected chi connectivity index (χ2v) is 5.27. The molecule has 23 heavy (non-hydrogen) atoms. The minimum atomic E-state index is -0.606. The summed E-state index contributed by atoms with van der Waals surface area (Å²) in [5.41, 5.74) is 0.602. The van der Waals surface area contributed by atoms with Crippen LogP contribution in [0.4, 0.5) is 8.78 Å². The van der Waals surface area contributed by atoms with Gasteiger partial charge in [0.15, 0.2) is 11.6 Å². The van der Waals surface area contributed by atoms with Crippen molar-refractivity contribution in [2.75, 3.05) is 0 Å². The monoisotopic (exact) mass is 340 g/mol. The fourth-order valence-electron chi connectivity index (χ4n) is 1.86. The van der Waals surface area contributed by atoms with Crippen molar-refractivity contribution < 1.29 is 23.0 Å². The zero-order valence-electron chi connectivity index (χ0n) is 12.7. The van der Waals surface area contributed by atoms with Gasteiger partial charge in [-0.3, -0.25) is 4.79 Å². The van der Waals surface area contributed by atoms with E-state index in [1.165, 1.54) is 30.3 Å². The van der Waals surface area contributed by atoms with Gasteiger partial charge in [0.2, 0.25) is 0 Å². The van der Waals surface area contributed by atoms with Crippen LogP contribution < -0.4 is 9.47 Å². The van der Waals surface area contributed by atoms with Crippen LogP contribution in [0.3, 0.4) is 0 Å². The second-order valence-electron chi connectivity index (χ2n) is 4.86. The van der Waals surface area contributed by atoms with Crippen molar-refractivity contribution in [3.8, 4) is 11.5 Å². The fraction of sp³-hybridized carbons (Fsp3) is 0.235. The molecule has 0 N–H and O–H groups in total. The fourth-order valence-corrected chi connectivity index (χ4v) is 2.01. The molecular weight excluding hydrogens is 326 g/mol. The van der Waals surface area contributed by atoms with Crippen LogP contribution in [-0.2, 0) is 11.4 Å². The van der Waals surface area contributed by atoms with E-state index in [-0.39, 0.29) is 30.1 Å². The number of carbonyl (C=O) groups excluding carboxylic acids is 1. The molecule has 0 aliphatic heterocycles. The Labute approximate surface area is 137 Å². The van der Waals surface area contributed by atoms with Gasteiger partial charge in [0, 0.05) is 17.5 Å². The molecule has 2 rings (SSSR count). The van der Waals surface area contributed by atoms with Crippen molar-refractivity contribution in [2.45, 2.75) is 26.9 Å². The summed E-state index contributed by atoms with van der Waals surface area (Å²) in [5, 5.41) is 0.340. The molecule has 0 saturated carbocycles. The van der Waals surface area contributed by atoms with Crippen LogP contribution in [0.2, 0.25) is 5.02 Å². The van der Waals surface area contributed by atoms with E-state index in [4.69, 9.17) is 21.1 Å². The van der Waals surface area contributed by atoms with Gasteiger partial charge in [0.05, 0.1) is 5.56 Å². The van der Waals surface area contributed by atoms with Crippen molar-refractivity contribution in [3.05, 3.63) is 58.1 Å². The van der Waals surface area contributed by atoms with E-state index in [9.17, 15) is 13.6 Å². The summed E-state index contributed by atoms with van der Waals surface area (Å²) in [5.74, 6) is -1.76. The lowest BCUT2D eigenvalue weighted by molar-refractivity contribution is -0.134. The van der Waals surface area contributed by atoms with Crippen molar-refractivity contribution in [1.82, 2.24) is 0 Å². The number of rotatable bonds is 5. The molecule has 0 aliphatic carbocycles. The van der Waals surface area contributed by atoms with E-state index in [0.717, 1.165) is 0 Å². The maximum Gasteiger partial charge on any atom is 0.310 e. The average molecular weight is 341 g/mol. The summed E-state index contributed by atoms with van der Waals surface area (Å²) in [4.78, 5) is 11.4. The van der Waals surface area contributed by atoms with Crippen LogP contribution in [-0.4, -0.2) is 5.97 Å². The predicted octanol–water partition coefficient (Wildman–Crippen LogP) is 4.82. The molecule has 3 nitrogen and oxygen atoms in total. The molecule has 122 valence electrons. The van der Waals surface area contributed by atoms with Gasteiger partial charge in [0.1, 0.15) is 18.2 Å². The highest BCUT2D eigenvalue weighted by molar-refractivity contribution is 6.31. The van der Waals surface area contributed by atoms with E-state index in [1.54, 1.807) is 13.8 Å². The minimum absolute atomic E-state index is 0.0328. The van der Waals surface area contributed by atoms with E-state index in [2.05, 4.69) is 0 Å². The minimum Gasteiger partial charge on any atom is -0.486 e. The van der Waals surface area contributed by atoms with Gasteiger partial charge in [-0.05, 0) is 30.7 Å². The highest BCUT2D eigenvalue weighted by Gasteiger charge is 2.15. The molecule has 2 aromatic rings. The summed E-state index contributed by atoms with van der Waals surface area (Å²) in [6.07, 6.45) is 0.152. The highest BCUT2D eigenvalue weighted by atomic mass is 35.5. The van der Waals surface area contributed by atoms with E-state index in [0.29, 0.717) is 10.6 Å². The van der Waals surface area contributed by atoms with Gasteiger partial charge >= 0.3 is 5.97 Å². The number of ether oxygens (including phenoxy) is 2. The maximum absolute atomic E-state index is 14.0. The smallest absolute Gasteiger partial charge is 0.310 e. The quantitative estimate of drug-likeness (QED) is 0.578. The van der Waals surface area contributed by atoms with Crippen molar-refractivity contribution >= 4 is 17.6 Å². The first kappa shape index (κ1) is 17.2. The zero-order chi connectivity index (χ0) is 17.0. The molecule has 0 saturated heterocycles. The van der Waals surface area contributed by atoms with Crippen LogP contribution in [0, 0.1) is 18.6 Å². The normalized spacial score (nSPS) is 10.5. The number of carbonyl (C=O) groups is 1. The lowest BCUT2D eigenvalue weighted by atomic mass is 10.2. The highest BCUT2D eigenvalue weighted by Crippen LogP contribution is 2.28. The van der Waals surface area contributed by atoms with Gasteiger partial charge in [-0.2, -0.15) is 0 Å². The summed E-state index contributed by atoms with van der Waals surface area (Å²) in [6, 6.07) is 6.64. The van der Waals surface area contributed by atoms with E-state index < -0.39 is 17.6 Å². The van der Waals surface area contributed by atoms with E-state index >= 15 is 0 Å². The van der Waals surface area contributed by atoms with Crippen LogP contribution in [0.25, 0.3) is 0 Å². The molecule has 0 unspecified atom stereocenters. The first-order valence-electron chi connectivity index (χ1n) is 6.99. The topological polar surface area (TPSA) is 35.5 Å². The molecule has 0 aliphatic rings. The van der Waals surface area contributed by atoms with E-state index in [1.807, 2.05) is 0 Å². The Kier molecular flexibility index (Phi) is 5.55. The van der Waals surface area contributed by atoms with Crippen molar-refractivity contribution in [2.24, 2.45) is 0 Å². The largest absolute Gasteiger partial charge is 0.486 e. The Morgan fingerprint density at radius 1 is 1.17 bits per heavy atom. The van der Waals surface area contributed by atoms with Gasteiger partial charge in [-0.1, -0.05) is 24.6 Å². The molecule has 6 heteroatoms. The molecule has 0 radical (unpaired) electrons. The molecule has 0 amide bonds. The average Bonchev–Trinajstić information content (AvgIpc) is 2.51. The first-order valence-corrected chi connectivity index (χ1v) is 7.36. The van der Waals surface area contributed by atoms with Crippen molar-refractivity contribution in [3.63, 3.8) is 0 Å². The number of aryl methyl sites for hydroxylation is 1. The molecule has 0 spiro atoms. The molecule has 0 atom stereocenters. The maximum atomic E-state index is 14.0. The third kappa shape index (κ3) is 4.20. The Morgan fingerprint density at radius 2 is 1.91 bits per heavy atom. The Balaban J connectivity index is 2.23. The third-order valence-electron chi connectivity index (χ3n) is 3.17. The lowest BCUT2D eigenvalue weighted by Gasteiger charge is -2.13. The van der Waals surface area contributed by atoms with Crippen LogP contribution >= 0.6 is 11.6 Å². The van der Waals surface area contributed by atoms with Gasteiger partial charge in [0.25, 0.3) is 0 Å². The van der Waals surface area contributed by atoms with Crippen molar-refractivity contribution in [1.29, 1.82) is 0 Å². The third-order valence-corrected chi connectivity index (χ3v) is 3.58. The molecule has 0 bridgehead atoms. The second kappa shape index (κ2) is 7.42. The predicted molar refractivity (Wildman–Crippen MR) is 82.8 cm³/mol. The summed E-state index contributed by atoms with van der Waals surface area (Å²) in [7, 11) is 0. The van der Waals surface area contributed by atoms with Gasteiger partial charge in [-0.15, -0.1) is 0 Å². The summed E-state index contributed by atoms with van der Waals surface area (Å²) >= 11 is 5.93. The zero-order valence-corrected chi connectivity index (χ0v) is 13.4. The number of hydrogen-bond acceptors (Lipinski definition) is 3. The van der Waals surface area contributed by atoms with Crippen LogP contribution in [0.1, 0.15) is 24.5 Å². The molecule has 0 aromatic heterocycles. The number of benzene rings is 2. The molecule has 2 aromatic carbocycles. The lowest BCUT2D eigenvalue weighted by Crippen LogP contribution is -2.10. The molecular formula is C17H15ClF2O3. The summed E-state index contributed by atoms with van der Waals surface area (Å²) < 4.78 is 38.2. The van der Waals surface area contributed by atoms with Crippen LogP contribution in [0.15, 0.2) is 30.3 Å². The standard InChI is InChI=1S/C17H15ClF2O3/c1-3-17(21)23-15-6-4-5-13(19)11(15)9-22-16-8-12(18)10(2)7-14(16)20/h4-8H,3,9H2,1-2H3. The van der Waals surface area contributed by atoms with Gasteiger partial charge in [-0.25, -0.2) is 8.78 Å². The number of halogens is 3. The molecule has 0 heterocycles.